The maximum absolute atomic E-state index is 9.98. The molecule has 11 heteroatoms. The van der Waals surface area contributed by atoms with Crippen LogP contribution in [0.4, 0.5) is 0 Å². The minimum Gasteiger partial charge on any atom is -0.504 e. The van der Waals surface area contributed by atoms with E-state index in [2.05, 4.69) is 95.8 Å². The van der Waals surface area contributed by atoms with E-state index in [4.69, 9.17) is 21.2 Å². The Morgan fingerprint density at radius 3 is 1.65 bits per heavy atom. The number of ether oxygens (including phenoxy) is 1. The Balaban J connectivity index is 2.27. The molecule has 2 aromatic rings. The summed E-state index contributed by atoms with van der Waals surface area (Å²) in [6, 6.07) is 18.0. The quantitative estimate of drug-likeness (QED) is 0.175. The van der Waals surface area contributed by atoms with Crippen molar-refractivity contribution in [1.29, 1.82) is 0 Å². The van der Waals surface area contributed by atoms with Gasteiger partial charge in [0, 0.05) is 0 Å². The van der Waals surface area contributed by atoms with Gasteiger partial charge in [-0.05, 0) is 127 Å². The second kappa shape index (κ2) is 14.4. The molecular weight excluding hydrogens is 585 g/mol. The van der Waals surface area contributed by atoms with Crippen molar-refractivity contribution in [3.8, 4) is 11.5 Å². The van der Waals surface area contributed by atoms with E-state index < -0.39 is 42.3 Å². The molecule has 0 aliphatic heterocycles. The lowest BCUT2D eigenvalue weighted by Gasteiger charge is -2.44. The number of aromatic hydroxyl groups is 1. The van der Waals surface area contributed by atoms with Gasteiger partial charge >= 0.3 is 25.7 Å². The Labute approximate surface area is 249 Å². The molecule has 0 bridgehead atoms. The predicted molar refractivity (Wildman–Crippen MR) is 179 cm³/mol. The summed E-state index contributed by atoms with van der Waals surface area (Å²) in [5, 5.41) is 9.98. The number of phenolic OH excluding ortho intramolecular Hbond substituents is 1. The Hall–Kier alpha value is -1.04. The van der Waals surface area contributed by atoms with Crippen molar-refractivity contribution in [1.82, 2.24) is 0 Å². The third-order valence-corrected chi connectivity index (χ3v) is 24.5. The first-order valence-corrected chi connectivity index (χ1v) is 29.2. The van der Waals surface area contributed by atoms with Gasteiger partial charge in [-0.15, -0.1) is 0 Å². The van der Waals surface area contributed by atoms with Crippen LogP contribution in [0.1, 0.15) is 24.0 Å². The zero-order chi connectivity index (χ0) is 30.2. The van der Waals surface area contributed by atoms with E-state index in [0.717, 1.165) is 43.3 Å². The number of hydrogen-bond acceptors (Lipinski definition) is 6. The van der Waals surface area contributed by atoms with Crippen molar-refractivity contribution in [2.45, 2.75) is 103 Å². The fraction of sp³-hybridized carbons (Fsp3) is 0.586. The highest BCUT2D eigenvalue weighted by atomic mass is 28.5. The fourth-order valence-corrected chi connectivity index (χ4v) is 29.2. The lowest BCUT2D eigenvalue weighted by Crippen LogP contribution is -2.60. The van der Waals surface area contributed by atoms with Crippen LogP contribution in [0.3, 0.4) is 0 Å². The van der Waals surface area contributed by atoms with Gasteiger partial charge in [0.2, 0.25) is 0 Å². The first-order chi connectivity index (χ1) is 18.3. The fourth-order valence-electron chi connectivity index (χ4n) is 5.38. The first kappa shape index (κ1) is 35.2. The summed E-state index contributed by atoms with van der Waals surface area (Å²) in [6.45, 7) is 22.2. The van der Waals surface area contributed by atoms with Crippen molar-refractivity contribution >= 4 is 42.3 Å². The van der Waals surface area contributed by atoms with Gasteiger partial charge in [-0.2, -0.15) is 0 Å². The summed E-state index contributed by atoms with van der Waals surface area (Å²) in [7, 11) is -9.77. The first-order valence-electron chi connectivity index (χ1n) is 14.5. The summed E-state index contributed by atoms with van der Waals surface area (Å²) in [5.41, 5.74) is 2.48. The Morgan fingerprint density at radius 2 is 1.12 bits per heavy atom. The van der Waals surface area contributed by atoms with E-state index in [1.165, 1.54) is 5.56 Å². The molecule has 2 rings (SSSR count). The van der Waals surface area contributed by atoms with E-state index in [1.54, 1.807) is 13.2 Å². The smallest absolute Gasteiger partial charge is 0.317 e. The van der Waals surface area contributed by atoms with Crippen molar-refractivity contribution in [3.63, 3.8) is 0 Å². The molecule has 40 heavy (non-hydrogen) atoms. The number of rotatable bonds is 17. The number of phenols is 1. The second-order valence-electron chi connectivity index (χ2n) is 13.5. The minimum absolute atomic E-state index is 0.164. The normalized spacial score (nSPS) is 15.9. The summed E-state index contributed by atoms with van der Waals surface area (Å²) < 4.78 is 33.2. The minimum atomic E-state index is -2.66. The highest BCUT2D eigenvalue weighted by Gasteiger charge is 2.48. The third kappa shape index (κ3) is 13.3. The molecule has 1 N–H and O–H groups in total. The molecular formula is C29H54O6Si5. The molecule has 226 valence electrons. The largest absolute Gasteiger partial charge is 0.504 e. The number of hydrogen-bond donors (Lipinski definition) is 1. The SMILES string of the molecule is COc1cc(CCC[Si](C)(O[Si](C)(C)C)O[Si](C)(CCCc2ccccc2)O[Si](C)(C)O[Si](C)(C)C)ccc1O. The van der Waals surface area contributed by atoms with Gasteiger partial charge in [0.15, 0.2) is 28.1 Å². The van der Waals surface area contributed by atoms with Gasteiger partial charge in [0.1, 0.15) is 0 Å². The molecule has 0 saturated carbocycles. The molecule has 0 heterocycles. The van der Waals surface area contributed by atoms with Crippen LogP contribution in [0.25, 0.3) is 0 Å². The molecule has 2 aromatic carbocycles. The van der Waals surface area contributed by atoms with Crippen LogP contribution in [0.2, 0.25) is 77.6 Å². The van der Waals surface area contributed by atoms with Crippen LogP contribution in [0.15, 0.2) is 48.5 Å². The molecule has 6 nitrogen and oxygen atoms in total. The highest BCUT2D eigenvalue weighted by molar-refractivity contribution is 6.90. The lowest BCUT2D eigenvalue weighted by molar-refractivity contribution is 0.287. The molecule has 0 saturated heterocycles. The standard InChI is InChI=1S/C29H54O6Si5/c1-31-29-25-27(21-22-28(29)30)20-16-23-39(10,33-37(5,6)7)35-40(11,34-38(8,9)32-36(2,3)4)24-15-19-26-17-13-12-14-18-26/h12-14,17-18,21-22,25,30H,15-16,19-20,23-24H2,1-11H3. The number of aryl methyl sites for hydroxylation is 2. The lowest BCUT2D eigenvalue weighted by atomic mass is 10.1. The van der Waals surface area contributed by atoms with E-state index in [9.17, 15) is 5.11 Å². The maximum Gasteiger partial charge on any atom is 0.317 e. The van der Waals surface area contributed by atoms with E-state index in [0.29, 0.717) is 5.75 Å². The van der Waals surface area contributed by atoms with Crippen LogP contribution < -0.4 is 4.74 Å². The Morgan fingerprint density at radius 1 is 0.600 bits per heavy atom. The monoisotopic (exact) mass is 638 g/mol. The summed E-state index contributed by atoms with van der Waals surface area (Å²) >= 11 is 0. The zero-order valence-electron chi connectivity index (χ0n) is 26.8. The van der Waals surface area contributed by atoms with Crippen LogP contribution in [0, 0.1) is 0 Å². The molecule has 2 unspecified atom stereocenters. The highest BCUT2D eigenvalue weighted by Crippen LogP contribution is 2.33. The summed E-state index contributed by atoms with van der Waals surface area (Å²) in [4.78, 5) is 0. The van der Waals surface area contributed by atoms with Gasteiger partial charge < -0.3 is 26.3 Å². The Bertz CT molecular complexity index is 1060. The van der Waals surface area contributed by atoms with Gasteiger partial charge in [-0.3, -0.25) is 0 Å². The third-order valence-electron chi connectivity index (χ3n) is 6.25. The molecule has 2 atom stereocenters. The van der Waals surface area contributed by atoms with Crippen molar-refractivity contribution < 1.29 is 26.3 Å². The van der Waals surface area contributed by atoms with Crippen molar-refractivity contribution in [2.75, 3.05) is 7.11 Å². The molecule has 0 spiro atoms. The average molecular weight is 639 g/mol. The van der Waals surface area contributed by atoms with Crippen molar-refractivity contribution in [2.24, 2.45) is 0 Å². The summed E-state index contributed by atoms with van der Waals surface area (Å²) in [5.74, 6) is 0.672. The number of benzene rings is 2. The number of methoxy groups -OCH3 is 1. The van der Waals surface area contributed by atoms with Crippen LogP contribution in [-0.4, -0.2) is 54.5 Å². The molecule has 0 fully saturated rings. The van der Waals surface area contributed by atoms with Crippen LogP contribution in [-0.2, 0) is 29.3 Å². The van der Waals surface area contributed by atoms with Gasteiger partial charge in [-0.25, -0.2) is 0 Å². The molecule has 0 aromatic heterocycles. The topological polar surface area (TPSA) is 66.4 Å². The van der Waals surface area contributed by atoms with Gasteiger partial charge in [-0.1, -0.05) is 36.4 Å². The molecule has 0 radical (unpaired) electrons. The van der Waals surface area contributed by atoms with Crippen LogP contribution >= 0.6 is 0 Å². The van der Waals surface area contributed by atoms with E-state index in [-0.39, 0.29) is 5.75 Å². The average Bonchev–Trinajstić information content (AvgIpc) is 2.77. The van der Waals surface area contributed by atoms with E-state index in [1.807, 2.05) is 12.1 Å². The van der Waals surface area contributed by atoms with Crippen molar-refractivity contribution in [3.05, 3.63) is 59.7 Å². The Kier molecular flexibility index (Phi) is 12.7. The van der Waals surface area contributed by atoms with Crippen LogP contribution in [0.5, 0.6) is 11.5 Å². The van der Waals surface area contributed by atoms with Gasteiger partial charge in [0.05, 0.1) is 7.11 Å². The summed E-state index contributed by atoms with van der Waals surface area (Å²) in [6.07, 6.45) is 3.81. The van der Waals surface area contributed by atoms with Gasteiger partial charge in [0.25, 0.3) is 0 Å². The molecule has 0 aliphatic carbocycles. The molecule has 0 amide bonds. The second-order valence-corrected chi connectivity index (χ2v) is 33.5. The predicted octanol–water partition coefficient (Wildman–Crippen LogP) is 8.55. The van der Waals surface area contributed by atoms with E-state index >= 15 is 0 Å². The molecule has 0 aliphatic rings. The maximum atomic E-state index is 9.98. The zero-order valence-corrected chi connectivity index (χ0v) is 31.8.